The first-order chi connectivity index (χ1) is 11.0. The van der Waals surface area contributed by atoms with Crippen molar-refractivity contribution >= 4 is 11.8 Å². The number of nitrogens with zero attached hydrogens (tertiary/aromatic N) is 1. The van der Waals surface area contributed by atoms with Crippen LogP contribution < -0.4 is 11.1 Å². The predicted molar refractivity (Wildman–Crippen MR) is 92.9 cm³/mol. The van der Waals surface area contributed by atoms with Crippen LogP contribution in [0.1, 0.15) is 37.7 Å². The Kier molecular flexibility index (Phi) is 8.98. The van der Waals surface area contributed by atoms with Crippen molar-refractivity contribution in [1.29, 1.82) is 0 Å². The molecule has 0 radical (unpaired) electrons. The van der Waals surface area contributed by atoms with Gasteiger partial charge in [0.25, 0.3) is 0 Å². The van der Waals surface area contributed by atoms with E-state index in [0.717, 1.165) is 31.2 Å². The molecule has 1 aromatic carbocycles. The minimum atomic E-state index is -0.510. The molecule has 0 saturated carbocycles. The van der Waals surface area contributed by atoms with Crippen LogP contribution in [0.5, 0.6) is 0 Å². The lowest BCUT2D eigenvalue weighted by molar-refractivity contribution is -0.134. The van der Waals surface area contributed by atoms with Crippen LogP contribution in [0.25, 0.3) is 0 Å². The molecule has 2 amide bonds. The molecule has 5 nitrogen and oxygen atoms in total. The van der Waals surface area contributed by atoms with E-state index in [-0.39, 0.29) is 11.8 Å². The van der Waals surface area contributed by atoms with Gasteiger partial charge in [-0.3, -0.25) is 9.59 Å². The number of carbonyl (C=O) groups is 2. The number of benzene rings is 1. The maximum atomic E-state index is 12.3. The molecule has 0 aliphatic heterocycles. The van der Waals surface area contributed by atoms with Gasteiger partial charge in [-0.1, -0.05) is 43.2 Å². The van der Waals surface area contributed by atoms with E-state index in [9.17, 15) is 9.59 Å². The molecule has 3 N–H and O–H groups in total. The van der Waals surface area contributed by atoms with Crippen molar-refractivity contribution < 1.29 is 9.59 Å². The Bertz CT molecular complexity index is 474. The number of rotatable bonds is 10. The zero-order valence-corrected chi connectivity index (χ0v) is 14.3. The Hall–Kier alpha value is -1.88. The van der Waals surface area contributed by atoms with Crippen molar-refractivity contribution in [2.24, 2.45) is 5.73 Å². The standard InChI is InChI=1S/C18H29N3O2/c1-21(2)18(23)16(14-15-10-6-5-7-11-15)20-17(22)12-8-3-4-9-13-19/h5-7,10-11,16H,3-4,8-9,12-14,19H2,1-2H3,(H,20,22). The average Bonchev–Trinajstić information content (AvgIpc) is 2.54. The highest BCUT2D eigenvalue weighted by Crippen LogP contribution is 2.07. The summed E-state index contributed by atoms with van der Waals surface area (Å²) in [7, 11) is 3.42. The molecule has 1 rings (SSSR count). The van der Waals surface area contributed by atoms with E-state index in [1.807, 2.05) is 30.3 Å². The third-order valence-electron chi connectivity index (χ3n) is 3.71. The van der Waals surface area contributed by atoms with Gasteiger partial charge in [0.15, 0.2) is 0 Å². The first-order valence-electron chi connectivity index (χ1n) is 8.29. The second-order valence-corrected chi connectivity index (χ2v) is 6.00. The van der Waals surface area contributed by atoms with Gasteiger partial charge in [0.2, 0.25) is 11.8 Å². The smallest absolute Gasteiger partial charge is 0.244 e. The molecule has 0 aromatic heterocycles. The van der Waals surface area contributed by atoms with Crippen molar-refractivity contribution in [3.05, 3.63) is 35.9 Å². The largest absolute Gasteiger partial charge is 0.347 e. The van der Waals surface area contributed by atoms with Crippen LogP contribution in [0.4, 0.5) is 0 Å². The van der Waals surface area contributed by atoms with E-state index in [4.69, 9.17) is 5.73 Å². The Labute approximate surface area is 139 Å². The number of hydrogen-bond donors (Lipinski definition) is 2. The number of carbonyl (C=O) groups excluding carboxylic acids is 2. The molecular weight excluding hydrogens is 290 g/mol. The van der Waals surface area contributed by atoms with Gasteiger partial charge in [0, 0.05) is 26.9 Å². The minimum absolute atomic E-state index is 0.0612. The zero-order valence-electron chi connectivity index (χ0n) is 14.3. The van der Waals surface area contributed by atoms with Gasteiger partial charge in [-0.25, -0.2) is 0 Å². The Morgan fingerprint density at radius 3 is 2.35 bits per heavy atom. The molecule has 0 fully saturated rings. The van der Waals surface area contributed by atoms with Gasteiger partial charge in [0.05, 0.1) is 0 Å². The van der Waals surface area contributed by atoms with E-state index < -0.39 is 6.04 Å². The SMILES string of the molecule is CN(C)C(=O)C(Cc1ccccc1)NC(=O)CCCCCCN. The number of nitrogens with two attached hydrogens (primary N) is 1. The number of unbranched alkanes of at least 4 members (excludes halogenated alkanes) is 3. The zero-order chi connectivity index (χ0) is 17.1. The number of likely N-dealkylation sites (N-methyl/N-ethyl adjacent to an activating group) is 1. The second-order valence-electron chi connectivity index (χ2n) is 6.00. The fourth-order valence-electron chi connectivity index (χ4n) is 2.41. The molecule has 0 aliphatic rings. The van der Waals surface area contributed by atoms with Crippen LogP contribution in [0.15, 0.2) is 30.3 Å². The van der Waals surface area contributed by atoms with Crippen molar-refractivity contribution in [3.63, 3.8) is 0 Å². The molecule has 0 aliphatic carbocycles. The van der Waals surface area contributed by atoms with Gasteiger partial charge in [-0.15, -0.1) is 0 Å². The fraction of sp³-hybridized carbons (Fsp3) is 0.556. The molecule has 1 atom stereocenters. The van der Waals surface area contributed by atoms with Crippen LogP contribution in [-0.2, 0) is 16.0 Å². The highest BCUT2D eigenvalue weighted by molar-refractivity contribution is 5.87. The van der Waals surface area contributed by atoms with Gasteiger partial charge in [-0.2, -0.15) is 0 Å². The topological polar surface area (TPSA) is 75.4 Å². The number of nitrogens with one attached hydrogen (secondary N) is 1. The summed E-state index contributed by atoms with van der Waals surface area (Å²) in [6, 6.07) is 9.23. The summed E-state index contributed by atoms with van der Waals surface area (Å²) < 4.78 is 0. The summed E-state index contributed by atoms with van der Waals surface area (Å²) in [5.41, 5.74) is 6.49. The molecule has 0 saturated heterocycles. The predicted octanol–water partition coefficient (Wildman–Crippen LogP) is 1.71. The van der Waals surface area contributed by atoms with Crippen LogP contribution >= 0.6 is 0 Å². The molecule has 128 valence electrons. The lowest BCUT2D eigenvalue weighted by Crippen LogP contribution is -2.47. The summed E-state index contributed by atoms with van der Waals surface area (Å²) in [6.07, 6.45) is 4.84. The molecule has 23 heavy (non-hydrogen) atoms. The van der Waals surface area contributed by atoms with Crippen LogP contribution in [-0.4, -0.2) is 43.4 Å². The molecule has 1 aromatic rings. The molecule has 0 spiro atoms. The van der Waals surface area contributed by atoms with E-state index in [0.29, 0.717) is 19.4 Å². The highest BCUT2D eigenvalue weighted by Gasteiger charge is 2.22. The lowest BCUT2D eigenvalue weighted by Gasteiger charge is -2.22. The third-order valence-corrected chi connectivity index (χ3v) is 3.71. The van der Waals surface area contributed by atoms with Gasteiger partial charge in [0.1, 0.15) is 6.04 Å². The van der Waals surface area contributed by atoms with Crippen molar-refractivity contribution in [1.82, 2.24) is 10.2 Å². The third kappa shape index (κ3) is 7.79. The van der Waals surface area contributed by atoms with E-state index >= 15 is 0 Å². The van der Waals surface area contributed by atoms with E-state index in [2.05, 4.69) is 5.32 Å². The van der Waals surface area contributed by atoms with Crippen LogP contribution in [0.3, 0.4) is 0 Å². The maximum absolute atomic E-state index is 12.3. The van der Waals surface area contributed by atoms with Crippen molar-refractivity contribution in [3.8, 4) is 0 Å². The summed E-state index contributed by atoms with van der Waals surface area (Å²) in [4.78, 5) is 25.9. The van der Waals surface area contributed by atoms with E-state index in [1.165, 1.54) is 4.90 Å². The molecule has 0 heterocycles. The lowest BCUT2D eigenvalue weighted by atomic mass is 10.0. The average molecular weight is 319 g/mol. The summed E-state index contributed by atoms with van der Waals surface area (Å²) in [6.45, 7) is 0.697. The van der Waals surface area contributed by atoms with Gasteiger partial charge >= 0.3 is 0 Å². The van der Waals surface area contributed by atoms with Gasteiger partial charge < -0.3 is 16.0 Å². The number of amides is 2. The highest BCUT2D eigenvalue weighted by atomic mass is 16.2. The first-order valence-corrected chi connectivity index (χ1v) is 8.29. The summed E-state index contributed by atoms with van der Waals surface area (Å²) in [5.74, 6) is -0.140. The van der Waals surface area contributed by atoms with Crippen LogP contribution in [0, 0.1) is 0 Å². The minimum Gasteiger partial charge on any atom is -0.347 e. The fourth-order valence-corrected chi connectivity index (χ4v) is 2.41. The van der Waals surface area contributed by atoms with Crippen LogP contribution in [0.2, 0.25) is 0 Å². The second kappa shape index (κ2) is 10.8. The molecule has 5 heteroatoms. The normalized spacial score (nSPS) is 11.8. The van der Waals surface area contributed by atoms with Crippen molar-refractivity contribution in [2.75, 3.05) is 20.6 Å². The Balaban J connectivity index is 2.52. The molecular formula is C18H29N3O2. The first kappa shape index (κ1) is 19.2. The van der Waals surface area contributed by atoms with Gasteiger partial charge in [-0.05, 0) is 24.9 Å². The molecule has 1 unspecified atom stereocenters. The summed E-state index contributed by atoms with van der Waals surface area (Å²) >= 11 is 0. The van der Waals surface area contributed by atoms with E-state index in [1.54, 1.807) is 14.1 Å². The maximum Gasteiger partial charge on any atom is 0.244 e. The van der Waals surface area contributed by atoms with Crippen molar-refractivity contribution in [2.45, 2.75) is 44.6 Å². The Morgan fingerprint density at radius 2 is 1.74 bits per heavy atom. The quantitative estimate of drug-likeness (QED) is 0.645. The number of hydrogen-bond acceptors (Lipinski definition) is 3. The summed E-state index contributed by atoms with van der Waals surface area (Å²) in [5, 5.41) is 2.88. The molecule has 0 bridgehead atoms. The Morgan fingerprint density at radius 1 is 1.09 bits per heavy atom. The monoisotopic (exact) mass is 319 g/mol.